The standard InChI is InChI=1S/C12H12N2O2S/c1-14(13-15)11-6-4-3-5-10(11)12-7-9(16-2)8-17-12/h3-8H,1-2H3. The summed E-state index contributed by atoms with van der Waals surface area (Å²) in [6.45, 7) is 0. The lowest BCUT2D eigenvalue weighted by Gasteiger charge is -2.12. The van der Waals surface area contributed by atoms with Crippen LogP contribution in [0.1, 0.15) is 0 Å². The maximum atomic E-state index is 10.6. The summed E-state index contributed by atoms with van der Waals surface area (Å²) in [6.07, 6.45) is 0. The number of nitrogens with zero attached hydrogens (tertiary/aromatic N) is 2. The number of para-hydroxylation sites is 1. The van der Waals surface area contributed by atoms with Crippen molar-refractivity contribution in [3.8, 4) is 16.2 Å². The van der Waals surface area contributed by atoms with Gasteiger partial charge >= 0.3 is 0 Å². The van der Waals surface area contributed by atoms with Gasteiger partial charge in [0.2, 0.25) is 0 Å². The van der Waals surface area contributed by atoms with Crippen molar-refractivity contribution in [3.63, 3.8) is 0 Å². The Balaban J connectivity index is 2.47. The summed E-state index contributed by atoms with van der Waals surface area (Å²) in [6, 6.07) is 9.59. The van der Waals surface area contributed by atoms with Crippen LogP contribution in [0.5, 0.6) is 5.75 Å². The fraction of sp³-hybridized carbons (Fsp3) is 0.167. The molecule has 0 N–H and O–H groups in total. The summed E-state index contributed by atoms with van der Waals surface area (Å²) in [4.78, 5) is 11.7. The molecule has 0 spiro atoms. The van der Waals surface area contributed by atoms with E-state index in [4.69, 9.17) is 4.74 Å². The molecule has 4 nitrogen and oxygen atoms in total. The van der Waals surface area contributed by atoms with E-state index in [0.717, 1.165) is 21.9 Å². The molecule has 88 valence electrons. The van der Waals surface area contributed by atoms with Crippen molar-refractivity contribution in [1.29, 1.82) is 0 Å². The van der Waals surface area contributed by atoms with Crippen molar-refractivity contribution in [1.82, 2.24) is 0 Å². The van der Waals surface area contributed by atoms with Gasteiger partial charge in [-0.05, 0) is 12.1 Å². The van der Waals surface area contributed by atoms with Gasteiger partial charge in [-0.1, -0.05) is 18.2 Å². The number of anilines is 1. The zero-order valence-corrected chi connectivity index (χ0v) is 10.4. The van der Waals surface area contributed by atoms with Gasteiger partial charge in [0, 0.05) is 22.9 Å². The van der Waals surface area contributed by atoms with E-state index >= 15 is 0 Å². The fourth-order valence-electron chi connectivity index (χ4n) is 1.58. The molecule has 1 heterocycles. The van der Waals surface area contributed by atoms with Crippen LogP contribution < -0.4 is 9.75 Å². The van der Waals surface area contributed by atoms with E-state index in [-0.39, 0.29) is 0 Å². The highest BCUT2D eigenvalue weighted by atomic mass is 32.1. The van der Waals surface area contributed by atoms with Gasteiger partial charge in [0.15, 0.2) is 0 Å². The average Bonchev–Trinajstić information content (AvgIpc) is 2.86. The van der Waals surface area contributed by atoms with E-state index in [0.29, 0.717) is 0 Å². The molecule has 0 amide bonds. The monoisotopic (exact) mass is 248 g/mol. The van der Waals surface area contributed by atoms with E-state index in [9.17, 15) is 4.91 Å². The average molecular weight is 248 g/mol. The van der Waals surface area contributed by atoms with E-state index in [1.807, 2.05) is 35.7 Å². The number of hydrogen-bond acceptors (Lipinski definition) is 4. The summed E-state index contributed by atoms with van der Waals surface area (Å²) in [5.41, 5.74) is 1.76. The lowest BCUT2D eigenvalue weighted by Crippen LogP contribution is -2.07. The first-order valence-corrected chi connectivity index (χ1v) is 5.93. The highest BCUT2D eigenvalue weighted by Crippen LogP contribution is 2.36. The maximum absolute atomic E-state index is 10.6. The van der Waals surface area contributed by atoms with E-state index in [1.54, 1.807) is 25.5 Å². The predicted molar refractivity (Wildman–Crippen MR) is 70.5 cm³/mol. The first kappa shape index (κ1) is 11.6. The molecule has 0 aliphatic heterocycles. The first-order valence-electron chi connectivity index (χ1n) is 5.05. The fourth-order valence-corrected chi connectivity index (χ4v) is 2.47. The van der Waals surface area contributed by atoms with E-state index < -0.39 is 0 Å². The largest absolute Gasteiger partial charge is 0.496 e. The van der Waals surface area contributed by atoms with Crippen LogP contribution in [-0.2, 0) is 0 Å². The predicted octanol–water partition coefficient (Wildman–Crippen LogP) is 3.54. The Kier molecular flexibility index (Phi) is 3.39. The summed E-state index contributed by atoms with van der Waals surface area (Å²) >= 11 is 1.57. The number of rotatable bonds is 4. The molecule has 0 unspecified atom stereocenters. The number of ether oxygens (including phenoxy) is 1. The lowest BCUT2D eigenvalue weighted by molar-refractivity contribution is 0.417. The minimum Gasteiger partial charge on any atom is -0.496 e. The third-order valence-corrected chi connectivity index (χ3v) is 3.39. The topological polar surface area (TPSA) is 41.9 Å². The summed E-state index contributed by atoms with van der Waals surface area (Å²) in [5.74, 6) is 0.821. The zero-order valence-electron chi connectivity index (χ0n) is 9.58. The third kappa shape index (κ3) is 2.29. The summed E-state index contributed by atoms with van der Waals surface area (Å²) < 4.78 is 5.15. The van der Waals surface area contributed by atoms with Gasteiger partial charge in [-0.15, -0.1) is 16.2 Å². The van der Waals surface area contributed by atoms with Gasteiger partial charge in [-0.2, -0.15) is 0 Å². The van der Waals surface area contributed by atoms with Crippen LogP contribution in [0.15, 0.2) is 41.0 Å². The molecule has 0 aliphatic carbocycles. The van der Waals surface area contributed by atoms with Gasteiger partial charge < -0.3 is 4.74 Å². The Morgan fingerprint density at radius 3 is 2.76 bits per heavy atom. The van der Waals surface area contributed by atoms with Gasteiger partial charge in [0.1, 0.15) is 5.75 Å². The van der Waals surface area contributed by atoms with E-state index in [1.165, 1.54) is 5.01 Å². The second-order valence-corrected chi connectivity index (χ2v) is 4.38. The van der Waals surface area contributed by atoms with Gasteiger partial charge in [-0.25, -0.2) is 5.01 Å². The van der Waals surface area contributed by atoms with Crippen LogP contribution >= 0.6 is 11.3 Å². The third-order valence-electron chi connectivity index (χ3n) is 2.45. The molecule has 5 heteroatoms. The van der Waals surface area contributed by atoms with Crippen LogP contribution in [0, 0.1) is 4.91 Å². The molecule has 0 radical (unpaired) electrons. The molecule has 17 heavy (non-hydrogen) atoms. The molecule has 1 aromatic heterocycles. The van der Waals surface area contributed by atoms with Gasteiger partial charge in [0.25, 0.3) is 0 Å². The normalized spacial score (nSPS) is 10.0. The lowest BCUT2D eigenvalue weighted by atomic mass is 10.1. The van der Waals surface area contributed by atoms with Crippen LogP contribution in [0.25, 0.3) is 10.4 Å². The molecule has 2 aromatic rings. The van der Waals surface area contributed by atoms with Crippen molar-refractivity contribution in [2.24, 2.45) is 5.29 Å². The first-order chi connectivity index (χ1) is 8.26. The van der Waals surface area contributed by atoms with Gasteiger partial charge in [-0.3, -0.25) is 0 Å². The minimum absolute atomic E-state index is 0.784. The number of methoxy groups -OCH3 is 1. The summed E-state index contributed by atoms with van der Waals surface area (Å²) in [5, 5.41) is 6.18. The highest BCUT2D eigenvalue weighted by Gasteiger charge is 2.11. The molecule has 0 saturated carbocycles. The SMILES string of the molecule is COc1csc(-c2ccccc2N(C)N=O)c1. The number of benzene rings is 1. The van der Waals surface area contributed by atoms with Crippen LogP contribution in [0.2, 0.25) is 0 Å². The number of thiophene rings is 1. The minimum atomic E-state index is 0.784. The highest BCUT2D eigenvalue weighted by molar-refractivity contribution is 7.13. The molecule has 0 atom stereocenters. The molecule has 0 bridgehead atoms. The molecule has 2 rings (SSSR count). The van der Waals surface area contributed by atoms with Crippen molar-refractivity contribution >= 4 is 17.0 Å². The summed E-state index contributed by atoms with van der Waals surface area (Å²) in [7, 11) is 3.27. The Labute approximate surface area is 103 Å². The smallest absolute Gasteiger partial charge is 0.130 e. The molecular weight excluding hydrogens is 236 g/mol. The van der Waals surface area contributed by atoms with Crippen molar-refractivity contribution in [2.45, 2.75) is 0 Å². The van der Waals surface area contributed by atoms with Crippen molar-refractivity contribution in [2.75, 3.05) is 19.2 Å². The number of hydrogen-bond donors (Lipinski definition) is 0. The van der Waals surface area contributed by atoms with Gasteiger partial charge in [0.05, 0.1) is 18.1 Å². The molecule has 1 aromatic carbocycles. The van der Waals surface area contributed by atoms with E-state index in [2.05, 4.69) is 5.29 Å². The molecule has 0 fully saturated rings. The zero-order chi connectivity index (χ0) is 12.3. The van der Waals surface area contributed by atoms with Crippen LogP contribution in [0.4, 0.5) is 5.69 Å². The molecule has 0 saturated heterocycles. The quantitative estimate of drug-likeness (QED) is 0.614. The Bertz CT molecular complexity index is 525. The maximum Gasteiger partial charge on any atom is 0.130 e. The Morgan fingerprint density at radius 2 is 2.12 bits per heavy atom. The van der Waals surface area contributed by atoms with Crippen molar-refractivity contribution in [3.05, 3.63) is 40.6 Å². The number of nitroso groups, excluding NO2 is 1. The molecule has 0 aliphatic rings. The van der Waals surface area contributed by atoms with Crippen LogP contribution in [-0.4, -0.2) is 14.2 Å². The Hall–Kier alpha value is -1.88. The Morgan fingerprint density at radius 1 is 1.35 bits per heavy atom. The second-order valence-electron chi connectivity index (χ2n) is 3.47. The van der Waals surface area contributed by atoms with Crippen LogP contribution in [0.3, 0.4) is 0 Å². The second kappa shape index (κ2) is 4.97. The molecular formula is C12H12N2O2S. The van der Waals surface area contributed by atoms with Crippen molar-refractivity contribution < 1.29 is 4.74 Å².